The average molecular weight is 394 g/mol. The molecule has 1 aromatic heterocycles. The average Bonchev–Trinajstić information content (AvgIpc) is 3.18. The molecule has 3 aromatic rings. The van der Waals surface area contributed by atoms with Gasteiger partial charge >= 0.3 is 0 Å². The number of nitrogens with zero attached hydrogens (tertiary/aromatic N) is 2. The minimum Gasteiger partial charge on any atom is -0.343 e. The normalized spacial score (nSPS) is 15.9. The van der Waals surface area contributed by atoms with Crippen LogP contribution in [0.25, 0.3) is 17.0 Å². The van der Waals surface area contributed by atoms with Gasteiger partial charge in [-0.1, -0.05) is 25.1 Å². The number of fused-ring (bicyclic) bond motifs is 1. The molecule has 1 aliphatic rings. The maximum atomic E-state index is 13.4. The fourth-order valence-corrected chi connectivity index (χ4v) is 4.21. The number of aromatic nitrogens is 1. The number of carbonyl (C=O) groups excluding carboxylic acids is 2. The first kappa shape index (κ1) is 18.5. The molecule has 0 aliphatic carbocycles. The molecule has 2 heterocycles. The molecule has 4 nitrogen and oxygen atoms in total. The Morgan fingerprint density at radius 3 is 2.75 bits per heavy atom. The molecule has 0 bridgehead atoms. The lowest BCUT2D eigenvalue weighted by Gasteiger charge is -2.09. The summed E-state index contributed by atoms with van der Waals surface area (Å²) in [5.74, 6) is -0.464. The third kappa shape index (κ3) is 3.60. The number of rotatable bonds is 5. The third-order valence-electron chi connectivity index (χ3n) is 4.66. The third-order valence-corrected chi connectivity index (χ3v) is 5.56. The van der Waals surface area contributed by atoms with Crippen molar-refractivity contribution in [2.75, 3.05) is 6.54 Å². The Morgan fingerprint density at radius 1 is 1.11 bits per heavy atom. The predicted octanol–water partition coefficient (Wildman–Crippen LogP) is 5.28. The van der Waals surface area contributed by atoms with Crippen LogP contribution in [0, 0.1) is 5.82 Å². The van der Waals surface area contributed by atoms with E-state index in [1.54, 1.807) is 12.1 Å². The topological polar surface area (TPSA) is 42.3 Å². The Bertz CT molecular complexity index is 1100. The highest BCUT2D eigenvalue weighted by Crippen LogP contribution is 2.32. The van der Waals surface area contributed by atoms with Gasteiger partial charge in [-0.3, -0.25) is 14.5 Å². The lowest BCUT2D eigenvalue weighted by Crippen LogP contribution is -2.28. The summed E-state index contributed by atoms with van der Waals surface area (Å²) < 4.78 is 15.5. The smallest absolute Gasteiger partial charge is 0.293 e. The number of amides is 2. The van der Waals surface area contributed by atoms with E-state index >= 15 is 0 Å². The number of carbonyl (C=O) groups is 2. The zero-order valence-electron chi connectivity index (χ0n) is 15.4. The second kappa shape index (κ2) is 7.64. The van der Waals surface area contributed by atoms with E-state index in [1.165, 1.54) is 17.0 Å². The summed E-state index contributed by atoms with van der Waals surface area (Å²) in [4.78, 5) is 26.1. The molecule has 1 saturated heterocycles. The van der Waals surface area contributed by atoms with E-state index in [1.807, 2.05) is 43.5 Å². The van der Waals surface area contributed by atoms with Gasteiger partial charge in [0.25, 0.3) is 11.1 Å². The number of imide groups is 1. The lowest BCUT2D eigenvalue weighted by molar-refractivity contribution is -0.122. The molecule has 0 N–H and O–H groups in total. The first-order chi connectivity index (χ1) is 13.5. The van der Waals surface area contributed by atoms with Crippen molar-refractivity contribution in [3.63, 3.8) is 0 Å². The van der Waals surface area contributed by atoms with Gasteiger partial charge in [-0.15, -0.1) is 0 Å². The van der Waals surface area contributed by atoms with Crippen LogP contribution in [0.1, 0.15) is 24.5 Å². The van der Waals surface area contributed by atoms with Crippen molar-refractivity contribution in [1.82, 2.24) is 9.47 Å². The molecule has 142 valence electrons. The molecule has 2 aromatic carbocycles. The van der Waals surface area contributed by atoms with Crippen LogP contribution in [-0.2, 0) is 11.3 Å². The number of benzene rings is 2. The van der Waals surface area contributed by atoms with Crippen LogP contribution < -0.4 is 0 Å². The maximum absolute atomic E-state index is 13.4. The second-order valence-corrected chi connectivity index (χ2v) is 7.72. The molecule has 2 amide bonds. The van der Waals surface area contributed by atoms with E-state index < -0.39 is 0 Å². The van der Waals surface area contributed by atoms with Crippen molar-refractivity contribution in [3.8, 4) is 0 Å². The van der Waals surface area contributed by atoms with Crippen molar-refractivity contribution in [2.45, 2.75) is 19.9 Å². The van der Waals surface area contributed by atoms with Gasteiger partial charge in [-0.25, -0.2) is 4.39 Å². The lowest BCUT2D eigenvalue weighted by atomic mass is 10.1. The summed E-state index contributed by atoms with van der Waals surface area (Å²) in [6, 6.07) is 14.5. The predicted molar refractivity (Wildman–Crippen MR) is 110 cm³/mol. The molecule has 28 heavy (non-hydrogen) atoms. The van der Waals surface area contributed by atoms with Crippen molar-refractivity contribution in [2.24, 2.45) is 0 Å². The van der Waals surface area contributed by atoms with Crippen LogP contribution in [0.2, 0.25) is 0 Å². The summed E-state index contributed by atoms with van der Waals surface area (Å²) in [6.45, 7) is 2.97. The molecular formula is C22H19FN2O2S. The molecule has 0 unspecified atom stereocenters. The maximum Gasteiger partial charge on any atom is 0.293 e. The molecule has 1 aliphatic heterocycles. The quantitative estimate of drug-likeness (QED) is 0.553. The SMILES string of the molecule is CCCN1C(=O)S/C(=C/c2ccc3c(ccn3Cc3cccc(F)c3)c2)C1=O. The Balaban J connectivity index is 1.60. The standard InChI is InChI=1S/C22H19FN2O2S/c1-2-9-25-21(26)20(28-22(25)27)13-15-6-7-19-17(11-15)8-10-24(19)14-16-4-3-5-18(23)12-16/h3-8,10-13H,2,9,14H2,1H3/b20-13+. The van der Waals surface area contributed by atoms with Crippen molar-refractivity contribution in [3.05, 3.63) is 76.6 Å². The van der Waals surface area contributed by atoms with Gasteiger partial charge in [0.05, 0.1) is 4.91 Å². The van der Waals surface area contributed by atoms with Crippen LogP contribution in [0.3, 0.4) is 0 Å². The van der Waals surface area contributed by atoms with Gasteiger partial charge < -0.3 is 4.57 Å². The monoisotopic (exact) mass is 394 g/mol. The second-order valence-electron chi connectivity index (χ2n) is 6.73. The highest BCUT2D eigenvalue weighted by Gasteiger charge is 2.34. The summed E-state index contributed by atoms with van der Waals surface area (Å²) in [5, 5.41) is 0.818. The van der Waals surface area contributed by atoms with E-state index in [0.29, 0.717) is 18.0 Å². The summed E-state index contributed by atoms with van der Waals surface area (Å²) in [5.41, 5.74) is 2.80. The summed E-state index contributed by atoms with van der Waals surface area (Å²) in [6.07, 6.45) is 4.48. The van der Waals surface area contributed by atoms with Crippen molar-refractivity contribution >= 4 is 39.9 Å². The highest BCUT2D eigenvalue weighted by molar-refractivity contribution is 8.18. The number of halogens is 1. The summed E-state index contributed by atoms with van der Waals surface area (Å²) >= 11 is 0.988. The molecular weight excluding hydrogens is 375 g/mol. The van der Waals surface area contributed by atoms with Gasteiger partial charge in [0, 0.05) is 30.2 Å². The first-order valence-electron chi connectivity index (χ1n) is 9.14. The van der Waals surface area contributed by atoms with E-state index in [2.05, 4.69) is 4.57 Å². The van der Waals surface area contributed by atoms with Gasteiger partial charge in [-0.05, 0) is 65.7 Å². The van der Waals surface area contributed by atoms with Gasteiger partial charge in [0.2, 0.25) is 0 Å². The fraction of sp³-hybridized carbons (Fsp3) is 0.182. The van der Waals surface area contributed by atoms with Crippen LogP contribution in [0.5, 0.6) is 0 Å². The Morgan fingerprint density at radius 2 is 1.96 bits per heavy atom. The van der Waals surface area contributed by atoms with Crippen LogP contribution in [0.15, 0.2) is 59.6 Å². The van der Waals surface area contributed by atoms with Crippen LogP contribution in [0.4, 0.5) is 9.18 Å². The minimum atomic E-state index is -0.242. The Hall–Kier alpha value is -2.86. The van der Waals surface area contributed by atoms with Gasteiger partial charge in [-0.2, -0.15) is 0 Å². The van der Waals surface area contributed by atoms with Crippen LogP contribution >= 0.6 is 11.8 Å². The number of hydrogen-bond acceptors (Lipinski definition) is 3. The minimum absolute atomic E-state index is 0.208. The molecule has 1 fully saturated rings. The number of hydrogen-bond donors (Lipinski definition) is 0. The first-order valence-corrected chi connectivity index (χ1v) is 9.95. The largest absolute Gasteiger partial charge is 0.343 e. The highest BCUT2D eigenvalue weighted by atomic mass is 32.2. The zero-order valence-corrected chi connectivity index (χ0v) is 16.2. The van der Waals surface area contributed by atoms with Crippen molar-refractivity contribution in [1.29, 1.82) is 0 Å². The van der Waals surface area contributed by atoms with Gasteiger partial charge in [0.15, 0.2) is 0 Å². The van der Waals surface area contributed by atoms with Crippen LogP contribution in [-0.4, -0.2) is 27.2 Å². The fourth-order valence-electron chi connectivity index (χ4n) is 3.35. The molecule has 4 rings (SSSR count). The molecule has 0 atom stereocenters. The van der Waals surface area contributed by atoms with E-state index in [9.17, 15) is 14.0 Å². The molecule has 6 heteroatoms. The Labute approximate surface area is 166 Å². The van der Waals surface area contributed by atoms with E-state index in [4.69, 9.17) is 0 Å². The molecule has 0 saturated carbocycles. The van der Waals surface area contributed by atoms with Crippen molar-refractivity contribution < 1.29 is 14.0 Å². The molecule has 0 radical (unpaired) electrons. The summed E-state index contributed by atoms with van der Waals surface area (Å²) in [7, 11) is 0. The number of thioether (sulfide) groups is 1. The zero-order chi connectivity index (χ0) is 19.7. The van der Waals surface area contributed by atoms with E-state index in [-0.39, 0.29) is 17.0 Å². The molecule has 0 spiro atoms. The van der Waals surface area contributed by atoms with Gasteiger partial charge in [0.1, 0.15) is 5.82 Å². The van der Waals surface area contributed by atoms with E-state index in [0.717, 1.165) is 40.2 Å². The Kier molecular flexibility index (Phi) is 5.05.